The summed E-state index contributed by atoms with van der Waals surface area (Å²) in [6, 6.07) is 8.17. The second kappa shape index (κ2) is 6.16. The van der Waals surface area contributed by atoms with Crippen molar-refractivity contribution in [2.24, 2.45) is 0 Å². The van der Waals surface area contributed by atoms with Gasteiger partial charge >= 0.3 is 5.97 Å². The molecule has 0 radical (unpaired) electrons. The van der Waals surface area contributed by atoms with Crippen molar-refractivity contribution in [1.29, 1.82) is 0 Å². The monoisotopic (exact) mass is 292 g/mol. The normalized spacial score (nSPS) is 27.0. The maximum Gasteiger partial charge on any atom is 0.321 e. The summed E-state index contributed by atoms with van der Waals surface area (Å²) in [7, 11) is 0. The first kappa shape index (κ1) is 13.9. The quantitative estimate of drug-likeness (QED) is 0.890. The second-order valence-electron chi connectivity index (χ2n) is 5.50. The molecule has 3 rings (SSSR count). The van der Waals surface area contributed by atoms with Gasteiger partial charge in [0.05, 0.1) is 5.37 Å². The molecule has 2 unspecified atom stereocenters. The first-order valence-corrected chi connectivity index (χ1v) is 8.19. The predicted octanol–water partition coefficient (Wildman–Crippen LogP) is 2.07. The van der Waals surface area contributed by atoms with Crippen LogP contribution in [0.3, 0.4) is 0 Å². The van der Waals surface area contributed by atoms with Gasteiger partial charge in [0.2, 0.25) is 0 Å². The van der Waals surface area contributed by atoms with E-state index in [1.807, 2.05) is 0 Å². The van der Waals surface area contributed by atoms with Gasteiger partial charge < -0.3 is 5.11 Å². The average molecular weight is 292 g/mol. The molecule has 5 heteroatoms. The number of carboxylic acid groups (broad SMARTS) is 1. The van der Waals surface area contributed by atoms with Crippen molar-refractivity contribution in [2.45, 2.75) is 30.8 Å². The van der Waals surface area contributed by atoms with E-state index in [1.165, 1.54) is 37.1 Å². The van der Waals surface area contributed by atoms with Crippen LogP contribution in [0.15, 0.2) is 24.3 Å². The van der Waals surface area contributed by atoms with Crippen molar-refractivity contribution in [3.8, 4) is 0 Å². The van der Waals surface area contributed by atoms with Crippen molar-refractivity contribution in [2.75, 3.05) is 18.8 Å². The highest BCUT2D eigenvalue weighted by Gasteiger charge is 2.30. The Hall–Kier alpha value is -1.04. The number of likely N-dealkylation sites (tertiary alicyclic amines) is 1. The summed E-state index contributed by atoms with van der Waals surface area (Å²) < 4.78 is 0. The van der Waals surface area contributed by atoms with E-state index in [9.17, 15) is 4.79 Å². The van der Waals surface area contributed by atoms with Gasteiger partial charge in [0, 0.05) is 12.3 Å². The lowest BCUT2D eigenvalue weighted by atomic mass is 10.1. The number of hydrogen-bond donors (Lipinski definition) is 2. The van der Waals surface area contributed by atoms with E-state index >= 15 is 0 Å². The molecule has 2 aliphatic heterocycles. The number of aliphatic carboxylic acids is 1. The number of rotatable bonds is 4. The SMILES string of the molecule is O=C(O)C1CSC(c2ccc(CN3CCCC3)cc2)N1. The number of carboxylic acids is 1. The molecule has 0 spiro atoms. The van der Waals surface area contributed by atoms with Gasteiger partial charge in [-0.1, -0.05) is 24.3 Å². The zero-order valence-corrected chi connectivity index (χ0v) is 12.2. The molecule has 2 saturated heterocycles. The fourth-order valence-corrected chi connectivity index (χ4v) is 4.04. The minimum Gasteiger partial charge on any atom is -0.480 e. The summed E-state index contributed by atoms with van der Waals surface area (Å²) in [5, 5.41) is 12.3. The third kappa shape index (κ3) is 3.16. The Morgan fingerprint density at radius 2 is 2.00 bits per heavy atom. The number of benzene rings is 1. The maximum atomic E-state index is 10.9. The summed E-state index contributed by atoms with van der Waals surface area (Å²) in [4.78, 5) is 13.4. The molecule has 1 aromatic rings. The van der Waals surface area contributed by atoms with E-state index in [-0.39, 0.29) is 5.37 Å². The summed E-state index contributed by atoms with van der Waals surface area (Å²) in [6.45, 7) is 3.45. The highest BCUT2D eigenvalue weighted by atomic mass is 32.2. The molecule has 4 nitrogen and oxygen atoms in total. The van der Waals surface area contributed by atoms with Crippen LogP contribution < -0.4 is 5.32 Å². The molecule has 2 N–H and O–H groups in total. The lowest BCUT2D eigenvalue weighted by Crippen LogP contribution is -2.33. The van der Waals surface area contributed by atoms with Crippen LogP contribution in [0.25, 0.3) is 0 Å². The van der Waals surface area contributed by atoms with Gasteiger partial charge in [0.1, 0.15) is 6.04 Å². The molecule has 2 heterocycles. The van der Waals surface area contributed by atoms with E-state index in [0.717, 1.165) is 6.54 Å². The van der Waals surface area contributed by atoms with Crippen LogP contribution in [0.4, 0.5) is 0 Å². The van der Waals surface area contributed by atoms with E-state index < -0.39 is 12.0 Å². The van der Waals surface area contributed by atoms with Gasteiger partial charge in [-0.25, -0.2) is 0 Å². The molecule has 20 heavy (non-hydrogen) atoms. The van der Waals surface area contributed by atoms with Crippen LogP contribution in [0.1, 0.15) is 29.3 Å². The molecule has 0 saturated carbocycles. The number of thioether (sulfide) groups is 1. The first-order valence-electron chi connectivity index (χ1n) is 7.14. The average Bonchev–Trinajstić information content (AvgIpc) is 3.10. The molecule has 2 atom stereocenters. The fraction of sp³-hybridized carbons (Fsp3) is 0.533. The lowest BCUT2D eigenvalue weighted by molar-refractivity contribution is -0.138. The largest absolute Gasteiger partial charge is 0.480 e. The Morgan fingerprint density at radius 1 is 1.30 bits per heavy atom. The van der Waals surface area contributed by atoms with Gasteiger partial charge in [-0.15, -0.1) is 11.8 Å². The summed E-state index contributed by atoms with van der Waals surface area (Å²) in [5.41, 5.74) is 2.51. The molecular formula is C15H20N2O2S. The zero-order chi connectivity index (χ0) is 13.9. The Balaban J connectivity index is 1.60. The fourth-order valence-electron chi connectivity index (χ4n) is 2.80. The Bertz CT molecular complexity index is 471. The van der Waals surface area contributed by atoms with Crippen LogP contribution in [0.2, 0.25) is 0 Å². The molecule has 0 amide bonds. The van der Waals surface area contributed by atoms with Crippen molar-refractivity contribution >= 4 is 17.7 Å². The van der Waals surface area contributed by atoms with Gasteiger partial charge in [-0.3, -0.25) is 15.0 Å². The predicted molar refractivity (Wildman–Crippen MR) is 80.7 cm³/mol. The highest BCUT2D eigenvalue weighted by Crippen LogP contribution is 2.32. The van der Waals surface area contributed by atoms with Crippen LogP contribution in [0.5, 0.6) is 0 Å². The van der Waals surface area contributed by atoms with Crippen LogP contribution in [-0.4, -0.2) is 40.9 Å². The second-order valence-corrected chi connectivity index (χ2v) is 6.63. The van der Waals surface area contributed by atoms with Crippen LogP contribution in [0, 0.1) is 0 Å². The molecule has 1 aromatic carbocycles. The van der Waals surface area contributed by atoms with Crippen molar-refractivity contribution in [3.05, 3.63) is 35.4 Å². The maximum absolute atomic E-state index is 10.9. The number of nitrogens with one attached hydrogen (secondary N) is 1. The van der Waals surface area contributed by atoms with Crippen molar-refractivity contribution < 1.29 is 9.90 Å². The summed E-state index contributed by atoms with van der Waals surface area (Å²) >= 11 is 1.67. The van der Waals surface area contributed by atoms with Gasteiger partial charge in [0.15, 0.2) is 0 Å². The molecule has 0 aromatic heterocycles. The van der Waals surface area contributed by atoms with E-state index in [0.29, 0.717) is 5.75 Å². The number of hydrogen-bond acceptors (Lipinski definition) is 4. The number of carbonyl (C=O) groups is 1. The Morgan fingerprint density at radius 3 is 2.60 bits per heavy atom. The van der Waals surface area contributed by atoms with E-state index in [4.69, 9.17) is 5.11 Å². The van der Waals surface area contributed by atoms with E-state index in [1.54, 1.807) is 11.8 Å². The van der Waals surface area contributed by atoms with E-state index in [2.05, 4.69) is 34.5 Å². The zero-order valence-electron chi connectivity index (χ0n) is 11.4. The first-order chi connectivity index (χ1) is 9.72. The van der Waals surface area contributed by atoms with Gasteiger partial charge in [-0.05, 0) is 37.1 Å². The van der Waals surface area contributed by atoms with Crippen LogP contribution in [-0.2, 0) is 11.3 Å². The molecule has 108 valence electrons. The smallest absolute Gasteiger partial charge is 0.321 e. The minimum atomic E-state index is -0.759. The third-order valence-corrected chi connectivity index (χ3v) is 5.23. The standard InChI is InChI=1S/C15H20N2O2S/c18-15(19)13-10-20-14(16-13)12-5-3-11(4-6-12)9-17-7-1-2-8-17/h3-6,13-14,16H,1-2,7-10H2,(H,18,19). The molecule has 2 fully saturated rings. The molecule has 2 aliphatic rings. The lowest BCUT2D eigenvalue weighted by Gasteiger charge is -2.16. The highest BCUT2D eigenvalue weighted by molar-refractivity contribution is 7.99. The molecule has 0 bridgehead atoms. The molecule has 0 aliphatic carbocycles. The van der Waals surface area contributed by atoms with Gasteiger partial charge in [0.25, 0.3) is 0 Å². The van der Waals surface area contributed by atoms with Crippen molar-refractivity contribution in [3.63, 3.8) is 0 Å². The topological polar surface area (TPSA) is 52.6 Å². The summed E-state index contributed by atoms with van der Waals surface area (Å²) in [5.74, 6) is -0.124. The minimum absolute atomic E-state index is 0.108. The molecular weight excluding hydrogens is 272 g/mol. The summed E-state index contributed by atoms with van der Waals surface area (Å²) in [6.07, 6.45) is 2.63. The number of nitrogens with zero attached hydrogens (tertiary/aromatic N) is 1. The van der Waals surface area contributed by atoms with Gasteiger partial charge in [-0.2, -0.15) is 0 Å². The Kier molecular flexibility index (Phi) is 4.29. The van der Waals surface area contributed by atoms with Crippen LogP contribution >= 0.6 is 11.8 Å². The van der Waals surface area contributed by atoms with Crippen molar-refractivity contribution in [1.82, 2.24) is 10.2 Å². The Labute approximate surface area is 123 Å². The third-order valence-electron chi connectivity index (χ3n) is 3.97.